The van der Waals surface area contributed by atoms with Gasteiger partial charge >= 0.3 is 0 Å². The molecule has 0 saturated carbocycles. The van der Waals surface area contributed by atoms with E-state index in [1.807, 2.05) is 30.3 Å². The van der Waals surface area contributed by atoms with Gasteiger partial charge in [-0.2, -0.15) is 0 Å². The summed E-state index contributed by atoms with van der Waals surface area (Å²) in [4.78, 5) is 4.40. The van der Waals surface area contributed by atoms with Crippen LogP contribution in [0.3, 0.4) is 0 Å². The number of hydrogen-bond acceptors (Lipinski definition) is 3. The van der Waals surface area contributed by atoms with E-state index in [2.05, 4.69) is 20.9 Å². The first kappa shape index (κ1) is 9.43. The molecule has 0 unspecified atom stereocenters. The van der Waals surface area contributed by atoms with Gasteiger partial charge in [-0.15, -0.1) is 0 Å². The van der Waals surface area contributed by atoms with Crippen LogP contribution in [-0.2, 0) is 0 Å². The van der Waals surface area contributed by atoms with Gasteiger partial charge in [0.25, 0.3) is 0 Å². The monoisotopic (exact) mass is 251 g/mol. The number of halogens is 1. The third kappa shape index (κ3) is 1.71. The molecule has 1 aromatic carbocycles. The van der Waals surface area contributed by atoms with Crippen molar-refractivity contribution in [2.45, 2.75) is 0 Å². The molecule has 0 amide bonds. The second kappa shape index (κ2) is 3.55. The minimum absolute atomic E-state index is 0.764. The Hall–Kier alpha value is -1.13. The molecule has 0 aliphatic heterocycles. The largest absolute Gasteiger partial charge is 0.298 e. The van der Waals surface area contributed by atoms with Crippen LogP contribution in [0.1, 0.15) is 0 Å². The Kier molecular flexibility index (Phi) is 2.39. The van der Waals surface area contributed by atoms with Crippen LogP contribution in [0.2, 0.25) is 0 Å². The third-order valence-corrected chi connectivity index (χ3v) is 2.49. The fourth-order valence-corrected chi connectivity index (χ4v) is 1.66. The van der Waals surface area contributed by atoms with Gasteiger partial charge in [-0.1, -0.05) is 15.9 Å². The summed E-state index contributed by atoms with van der Waals surface area (Å²) in [6.07, 6.45) is 0. The Bertz CT molecular complexity index is 468. The van der Waals surface area contributed by atoms with Crippen LogP contribution >= 0.6 is 15.9 Å². The smallest absolute Gasteiger partial charge is 0.142 e. The minimum Gasteiger partial charge on any atom is -0.298 e. The number of benzene rings is 1. The van der Waals surface area contributed by atoms with E-state index < -0.39 is 0 Å². The van der Waals surface area contributed by atoms with Crippen LogP contribution in [0.5, 0.6) is 0 Å². The molecule has 72 valence electrons. The Labute approximate surface area is 90.6 Å². The van der Waals surface area contributed by atoms with Crippen molar-refractivity contribution in [1.82, 2.24) is 4.98 Å². The number of nitrogens with two attached hydrogens (primary N) is 1. The predicted molar refractivity (Wildman–Crippen MR) is 62.0 cm³/mol. The molecule has 0 radical (unpaired) electrons. The van der Waals surface area contributed by atoms with Gasteiger partial charge in [-0.3, -0.25) is 5.01 Å². The summed E-state index contributed by atoms with van der Waals surface area (Å²) >= 11 is 3.42. The number of hydrazine groups is 1. The molecule has 0 spiro atoms. The van der Waals surface area contributed by atoms with Crippen molar-refractivity contribution in [2.24, 2.45) is 5.84 Å². The van der Waals surface area contributed by atoms with Crippen LogP contribution < -0.4 is 10.9 Å². The van der Waals surface area contributed by atoms with Crippen molar-refractivity contribution < 1.29 is 0 Å². The average molecular weight is 252 g/mol. The number of pyridine rings is 1. The van der Waals surface area contributed by atoms with Crippen LogP contribution in [0, 0.1) is 0 Å². The highest BCUT2D eigenvalue weighted by Crippen LogP contribution is 2.20. The lowest BCUT2D eigenvalue weighted by atomic mass is 10.2. The molecule has 0 saturated heterocycles. The summed E-state index contributed by atoms with van der Waals surface area (Å²) in [5.41, 5.74) is 0.947. The lowest BCUT2D eigenvalue weighted by molar-refractivity contribution is 0.986. The highest BCUT2D eigenvalue weighted by Gasteiger charge is 2.00. The first-order valence-corrected chi connectivity index (χ1v) is 5.01. The maximum Gasteiger partial charge on any atom is 0.142 e. The summed E-state index contributed by atoms with van der Waals surface area (Å²) in [7, 11) is 1.77. The highest BCUT2D eigenvalue weighted by molar-refractivity contribution is 9.10. The number of aromatic nitrogens is 1. The Morgan fingerprint density at radius 2 is 2.07 bits per heavy atom. The predicted octanol–water partition coefficient (Wildman–Crippen LogP) is 2.31. The molecule has 14 heavy (non-hydrogen) atoms. The molecule has 2 aromatic rings. The van der Waals surface area contributed by atoms with E-state index in [1.54, 1.807) is 7.05 Å². The normalized spacial score (nSPS) is 10.5. The molecule has 0 atom stereocenters. The Morgan fingerprint density at radius 1 is 1.29 bits per heavy atom. The van der Waals surface area contributed by atoms with Gasteiger partial charge in [-0.25, -0.2) is 10.8 Å². The highest BCUT2D eigenvalue weighted by atomic mass is 79.9. The van der Waals surface area contributed by atoms with Gasteiger partial charge in [0.1, 0.15) is 5.82 Å². The first-order chi connectivity index (χ1) is 6.66. The quantitative estimate of drug-likeness (QED) is 0.625. The van der Waals surface area contributed by atoms with Crippen LogP contribution in [0.15, 0.2) is 34.8 Å². The number of nitrogens with zero attached hydrogens (tertiary/aromatic N) is 2. The van der Waals surface area contributed by atoms with Crippen molar-refractivity contribution in [2.75, 3.05) is 12.1 Å². The van der Waals surface area contributed by atoms with E-state index in [0.29, 0.717) is 0 Å². The van der Waals surface area contributed by atoms with E-state index in [9.17, 15) is 0 Å². The second-order valence-corrected chi connectivity index (χ2v) is 4.03. The lowest BCUT2D eigenvalue weighted by Gasteiger charge is -2.10. The van der Waals surface area contributed by atoms with Crippen molar-refractivity contribution in [1.29, 1.82) is 0 Å². The van der Waals surface area contributed by atoms with Gasteiger partial charge in [0.15, 0.2) is 0 Å². The average Bonchev–Trinajstić information content (AvgIpc) is 2.16. The third-order valence-electron chi connectivity index (χ3n) is 2.00. The van der Waals surface area contributed by atoms with Crippen LogP contribution in [0.4, 0.5) is 5.82 Å². The van der Waals surface area contributed by atoms with Crippen molar-refractivity contribution in [3.8, 4) is 0 Å². The maximum atomic E-state index is 5.60. The molecule has 2 N–H and O–H groups in total. The van der Waals surface area contributed by atoms with Crippen molar-refractivity contribution >= 4 is 32.7 Å². The molecule has 2 rings (SSSR count). The fraction of sp³-hybridized carbons (Fsp3) is 0.100. The maximum absolute atomic E-state index is 5.60. The van der Waals surface area contributed by atoms with Crippen molar-refractivity contribution in [3.05, 3.63) is 34.8 Å². The molecular weight excluding hydrogens is 242 g/mol. The Balaban J connectivity index is 2.62. The fourth-order valence-electron chi connectivity index (χ4n) is 1.28. The minimum atomic E-state index is 0.764. The summed E-state index contributed by atoms with van der Waals surface area (Å²) in [6.45, 7) is 0. The number of hydrogen-bond donors (Lipinski definition) is 1. The van der Waals surface area contributed by atoms with Gasteiger partial charge in [-0.05, 0) is 30.3 Å². The molecule has 0 aliphatic carbocycles. The molecule has 3 nitrogen and oxygen atoms in total. The SMILES string of the molecule is CN(N)c1ccc2cc(Br)ccc2n1. The van der Waals surface area contributed by atoms with E-state index in [0.717, 1.165) is 21.2 Å². The van der Waals surface area contributed by atoms with E-state index in [1.165, 1.54) is 5.01 Å². The molecule has 0 fully saturated rings. The van der Waals surface area contributed by atoms with E-state index in [-0.39, 0.29) is 0 Å². The van der Waals surface area contributed by atoms with E-state index in [4.69, 9.17) is 5.84 Å². The summed E-state index contributed by atoms with van der Waals surface area (Å²) in [5.74, 6) is 6.36. The van der Waals surface area contributed by atoms with Gasteiger partial charge < -0.3 is 0 Å². The Morgan fingerprint density at radius 3 is 2.79 bits per heavy atom. The number of anilines is 1. The lowest BCUT2D eigenvalue weighted by Crippen LogP contribution is -2.25. The van der Waals surface area contributed by atoms with Crippen LogP contribution in [0.25, 0.3) is 10.9 Å². The molecule has 0 bridgehead atoms. The standard InChI is InChI=1S/C10H10BrN3/c1-14(12)10-5-2-7-6-8(11)3-4-9(7)13-10/h2-6H,12H2,1H3. The summed E-state index contributed by atoms with van der Waals surface area (Å²) in [6, 6.07) is 9.87. The zero-order valence-corrected chi connectivity index (χ0v) is 9.32. The zero-order valence-electron chi connectivity index (χ0n) is 7.74. The van der Waals surface area contributed by atoms with Gasteiger partial charge in [0.05, 0.1) is 5.52 Å². The number of fused-ring (bicyclic) bond motifs is 1. The topological polar surface area (TPSA) is 42.1 Å². The van der Waals surface area contributed by atoms with Crippen molar-refractivity contribution in [3.63, 3.8) is 0 Å². The van der Waals surface area contributed by atoms with Gasteiger partial charge in [0, 0.05) is 16.9 Å². The number of rotatable bonds is 1. The molecule has 1 heterocycles. The first-order valence-electron chi connectivity index (χ1n) is 4.21. The van der Waals surface area contributed by atoms with E-state index >= 15 is 0 Å². The zero-order chi connectivity index (χ0) is 10.1. The van der Waals surface area contributed by atoms with Crippen LogP contribution in [-0.4, -0.2) is 12.0 Å². The molecule has 0 aliphatic rings. The second-order valence-electron chi connectivity index (χ2n) is 3.12. The molecule has 4 heteroatoms. The molecule has 1 aromatic heterocycles. The summed E-state index contributed by atoms with van der Waals surface area (Å²) < 4.78 is 1.06. The molecular formula is C10H10BrN3. The summed E-state index contributed by atoms with van der Waals surface area (Å²) in [5, 5.41) is 2.60. The van der Waals surface area contributed by atoms with Gasteiger partial charge in [0.2, 0.25) is 0 Å².